The minimum Gasteiger partial charge on any atom is -0.478 e. The molecule has 0 spiro atoms. The minimum atomic E-state index is -4.21. The first-order valence-corrected chi connectivity index (χ1v) is 6.40. The van der Waals surface area contributed by atoms with E-state index >= 15 is 0 Å². The number of halogens is 3. The zero-order chi connectivity index (χ0) is 14.9. The summed E-state index contributed by atoms with van der Waals surface area (Å²) in [7, 11) is 0. The van der Waals surface area contributed by atoms with Gasteiger partial charge < -0.3 is 5.11 Å². The second kappa shape index (κ2) is 5.44. The highest BCUT2D eigenvalue weighted by atomic mass is 19.4. The van der Waals surface area contributed by atoms with Crippen LogP contribution in [0.2, 0.25) is 0 Å². The second-order valence-corrected chi connectivity index (χ2v) is 5.20. The van der Waals surface area contributed by atoms with E-state index in [-0.39, 0.29) is 18.2 Å². The van der Waals surface area contributed by atoms with Crippen LogP contribution in [0.4, 0.5) is 13.2 Å². The fourth-order valence-electron chi connectivity index (χ4n) is 2.21. The standard InChI is InChI=1S/C14H16F3NO2/c1-9-6-10(13(19)20)2-3-11(9)7-18(12-4-5-12)8-14(15,16)17/h2-3,6,12H,4-5,7-8H2,1H3,(H,19,20). The highest BCUT2D eigenvalue weighted by molar-refractivity contribution is 5.87. The Hall–Kier alpha value is -1.56. The summed E-state index contributed by atoms with van der Waals surface area (Å²) < 4.78 is 37.6. The monoisotopic (exact) mass is 287 g/mol. The highest BCUT2D eigenvalue weighted by Crippen LogP contribution is 2.31. The van der Waals surface area contributed by atoms with Crippen molar-refractivity contribution < 1.29 is 23.1 Å². The van der Waals surface area contributed by atoms with Crippen molar-refractivity contribution in [1.29, 1.82) is 0 Å². The number of carboxylic acids is 1. The molecule has 0 unspecified atom stereocenters. The quantitative estimate of drug-likeness (QED) is 0.904. The van der Waals surface area contributed by atoms with Crippen LogP contribution < -0.4 is 0 Å². The summed E-state index contributed by atoms with van der Waals surface area (Å²) in [5.41, 5.74) is 1.60. The molecule has 1 aliphatic carbocycles. The lowest BCUT2D eigenvalue weighted by atomic mass is 10.0. The van der Waals surface area contributed by atoms with Gasteiger partial charge in [-0.3, -0.25) is 4.90 Å². The third-order valence-corrected chi connectivity index (χ3v) is 3.41. The first-order chi connectivity index (χ1) is 9.26. The molecular weight excluding hydrogens is 271 g/mol. The fourth-order valence-corrected chi connectivity index (χ4v) is 2.21. The lowest BCUT2D eigenvalue weighted by molar-refractivity contribution is -0.148. The molecule has 0 aliphatic heterocycles. The fraction of sp³-hybridized carbons (Fsp3) is 0.500. The molecule has 3 nitrogen and oxygen atoms in total. The maximum absolute atomic E-state index is 12.5. The number of aromatic carboxylic acids is 1. The van der Waals surface area contributed by atoms with Gasteiger partial charge in [-0.15, -0.1) is 0 Å². The Morgan fingerprint density at radius 1 is 1.40 bits per heavy atom. The van der Waals surface area contributed by atoms with E-state index in [9.17, 15) is 18.0 Å². The normalized spacial score (nSPS) is 15.7. The van der Waals surface area contributed by atoms with Gasteiger partial charge in [0.15, 0.2) is 0 Å². The molecule has 20 heavy (non-hydrogen) atoms. The Balaban J connectivity index is 2.12. The van der Waals surface area contributed by atoms with E-state index in [0.717, 1.165) is 18.4 Å². The van der Waals surface area contributed by atoms with E-state index in [1.807, 2.05) is 0 Å². The zero-order valence-corrected chi connectivity index (χ0v) is 11.1. The van der Waals surface area contributed by atoms with Crippen LogP contribution in [0.5, 0.6) is 0 Å². The molecule has 2 rings (SSSR count). The Bertz CT molecular complexity index is 510. The van der Waals surface area contributed by atoms with E-state index in [1.54, 1.807) is 13.0 Å². The molecule has 0 heterocycles. The molecule has 1 fully saturated rings. The summed E-state index contributed by atoms with van der Waals surface area (Å²) in [6, 6.07) is 4.53. The third-order valence-electron chi connectivity index (χ3n) is 3.41. The smallest absolute Gasteiger partial charge is 0.401 e. The largest absolute Gasteiger partial charge is 0.478 e. The van der Waals surface area contributed by atoms with Gasteiger partial charge in [-0.25, -0.2) is 4.79 Å². The molecule has 1 aromatic carbocycles. The summed E-state index contributed by atoms with van der Waals surface area (Å²) in [4.78, 5) is 12.3. The second-order valence-electron chi connectivity index (χ2n) is 5.20. The van der Waals surface area contributed by atoms with Crippen LogP contribution in [-0.2, 0) is 6.54 Å². The Kier molecular flexibility index (Phi) is 4.04. The van der Waals surface area contributed by atoms with Gasteiger partial charge in [-0.1, -0.05) is 6.07 Å². The molecule has 0 bridgehead atoms. The van der Waals surface area contributed by atoms with E-state index in [0.29, 0.717) is 5.56 Å². The number of benzene rings is 1. The Morgan fingerprint density at radius 2 is 2.05 bits per heavy atom. The molecular formula is C14H16F3NO2. The average Bonchev–Trinajstić information content (AvgIpc) is 3.12. The average molecular weight is 287 g/mol. The van der Waals surface area contributed by atoms with Crippen molar-refractivity contribution in [2.45, 2.75) is 38.5 Å². The van der Waals surface area contributed by atoms with E-state index in [2.05, 4.69) is 0 Å². The molecule has 1 saturated carbocycles. The van der Waals surface area contributed by atoms with Gasteiger partial charge in [0.25, 0.3) is 0 Å². The number of nitrogens with zero attached hydrogens (tertiary/aromatic N) is 1. The molecule has 0 aromatic heterocycles. The maximum atomic E-state index is 12.5. The van der Waals surface area contributed by atoms with Crippen LogP contribution in [0.1, 0.15) is 34.3 Å². The molecule has 0 atom stereocenters. The summed E-state index contributed by atoms with van der Waals surface area (Å²) in [6.45, 7) is 1.01. The van der Waals surface area contributed by atoms with Gasteiger partial charge >= 0.3 is 12.1 Å². The van der Waals surface area contributed by atoms with Gasteiger partial charge in [0, 0.05) is 12.6 Å². The van der Waals surface area contributed by atoms with Crippen LogP contribution in [0.25, 0.3) is 0 Å². The maximum Gasteiger partial charge on any atom is 0.401 e. The third kappa shape index (κ3) is 3.96. The topological polar surface area (TPSA) is 40.5 Å². The molecule has 6 heteroatoms. The number of carboxylic acid groups (broad SMARTS) is 1. The predicted molar refractivity (Wildman–Crippen MR) is 67.6 cm³/mol. The Morgan fingerprint density at radius 3 is 2.50 bits per heavy atom. The zero-order valence-electron chi connectivity index (χ0n) is 11.1. The molecule has 0 amide bonds. The lowest BCUT2D eigenvalue weighted by Crippen LogP contribution is -2.35. The number of hydrogen-bond acceptors (Lipinski definition) is 2. The predicted octanol–water partition coefficient (Wildman–Crippen LogP) is 3.22. The van der Waals surface area contributed by atoms with Crippen molar-refractivity contribution in [2.75, 3.05) is 6.54 Å². The van der Waals surface area contributed by atoms with Gasteiger partial charge in [0.05, 0.1) is 12.1 Å². The van der Waals surface area contributed by atoms with Crippen LogP contribution >= 0.6 is 0 Å². The van der Waals surface area contributed by atoms with Crippen molar-refractivity contribution in [3.63, 3.8) is 0 Å². The number of aryl methyl sites for hydroxylation is 1. The molecule has 0 radical (unpaired) electrons. The summed E-state index contributed by atoms with van der Waals surface area (Å²) in [5, 5.41) is 8.87. The summed E-state index contributed by atoms with van der Waals surface area (Å²) >= 11 is 0. The lowest BCUT2D eigenvalue weighted by Gasteiger charge is -2.24. The summed E-state index contributed by atoms with van der Waals surface area (Å²) in [6.07, 6.45) is -2.62. The van der Waals surface area contributed by atoms with Crippen LogP contribution in [0, 0.1) is 6.92 Å². The number of rotatable bonds is 5. The molecule has 1 aromatic rings. The number of alkyl halides is 3. The van der Waals surface area contributed by atoms with Crippen molar-refractivity contribution in [2.24, 2.45) is 0 Å². The van der Waals surface area contributed by atoms with Crippen molar-refractivity contribution in [3.05, 3.63) is 34.9 Å². The SMILES string of the molecule is Cc1cc(C(=O)O)ccc1CN(CC(F)(F)F)C1CC1. The van der Waals surface area contributed by atoms with E-state index in [4.69, 9.17) is 5.11 Å². The first kappa shape index (κ1) is 14.8. The molecule has 110 valence electrons. The highest BCUT2D eigenvalue weighted by Gasteiger charge is 2.38. The number of carbonyl (C=O) groups is 1. The van der Waals surface area contributed by atoms with E-state index < -0.39 is 18.7 Å². The van der Waals surface area contributed by atoms with Crippen LogP contribution in [0.15, 0.2) is 18.2 Å². The molecule has 0 saturated heterocycles. The van der Waals surface area contributed by atoms with E-state index in [1.165, 1.54) is 17.0 Å². The Labute approximate surface area is 115 Å². The van der Waals surface area contributed by atoms with Gasteiger partial charge in [-0.05, 0) is 43.0 Å². The number of hydrogen-bond donors (Lipinski definition) is 1. The van der Waals surface area contributed by atoms with Crippen molar-refractivity contribution >= 4 is 5.97 Å². The van der Waals surface area contributed by atoms with Gasteiger partial charge in [0.1, 0.15) is 0 Å². The molecule has 1 aliphatic rings. The van der Waals surface area contributed by atoms with Crippen molar-refractivity contribution in [3.8, 4) is 0 Å². The summed E-state index contributed by atoms with van der Waals surface area (Å²) in [5.74, 6) is -1.03. The molecule has 1 N–H and O–H groups in total. The van der Waals surface area contributed by atoms with Crippen molar-refractivity contribution in [1.82, 2.24) is 4.90 Å². The van der Waals surface area contributed by atoms with Gasteiger partial charge in [-0.2, -0.15) is 13.2 Å². The first-order valence-electron chi connectivity index (χ1n) is 6.40. The van der Waals surface area contributed by atoms with Gasteiger partial charge in [0.2, 0.25) is 0 Å². The minimum absolute atomic E-state index is 0.00447. The van der Waals surface area contributed by atoms with Crippen LogP contribution in [-0.4, -0.2) is 34.7 Å². The van der Waals surface area contributed by atoms with Crippen LogP contribution in [0.3, 0.4) is 0 Å².